The third-order valence-corrected chi connectivity index (χ3v) is 6.21. The van der Waals surface area contributed by atoms with E-state index in [1.807, 2.05) is 0 Å². The standard InChI is InChI=1S/C17H16F3NO3.C9H11NO3.C7H3F4NO2.CH3.BH.Pt.U/c1-11-3-4-14(9-16(11)17(18,19)20)24-15-5-6-21-12(8-15)7-13(22)10-23-2;1-13-6-9(12)5-7-4-8(11)2-3-10-7;8-4-1-2-6(12(13)14)5(3-4)7(9,10)11;;;;/h3-6,8-9H,7,10H2,1-2H3;2-4H,5-6H2,1H3,(H,10,11);1-3H;1H3;1H;;/q;;;-1;;;/i;;;;1D;;. The number of H-pyrrole nitrogens is 1. The summed E-state index contributed by atoms with van der Waals surface area (Å²) in [7, 11) is 6.63. The van der Waals surface area contributed by atoms with Crippen molar-refractivity contribution in [1.29, 1.82) is 1.34 Å². The molecular formula is C34H34BF7N3O8PtU-. The number of nitrogens with one attached hydrogen (secondary N) is 1. The summed E-state index contributed by atoms with van der Waals surface area (Å²) in [4.78, 5) is 49.3. The molecule has 0 aliphatic carbocycles. The minimum atomic E-state index is -4.93. The third kappa shape index (κ3) is 20.2. The molecule has 0 amide bonds. The minimum Gasteiger partial charge on any atom is -0.457 e. The fourth-order valence-electron chi connectivity index (χ4n) is 4.05. The predicted molar refractivity (Wildman–Crippen MR) is 180 cm³/mol. The second kappa shape index (κ2) is 26.2. The Kier molecular flexibility index (Phi) is 25.5. The molecule has 2 aromatic carbocycles. The number of rotatable bonds is 11. The molecule has 1 N–H and O–H groups in total. The normalized spacial score (nSPS) is 10.3. The van der Waals surface area contributed by atoms with E-state index in [4.69, 9.17) is 10.8 Å². The van der Waals surface area contributed by atoms with Gasteiger partial charge in [-0.3, -0.25) is 29.5 Å². The van der Waals surface area contributed by atoms with Crippen LogP contribution in [0.1, 0.15) is 28.1 Å². The van der Waals surface area contributed by atoms with E-state index in [1.54, 1.807) is 0 Å². The van der Waals surface area contributed by atoms with Crippen LogP contribution in [0, 0.1) is 61.4 Å². The molecule has 0 aliphatic heterocycles. The Labute approximate surface area is 352 Å². The first-order chi connectivity index (χ1) is 24.8. The fourth-order valence-corrected chi connectivity index (χ4v) is 4.05. The smallest absolute Gasteiger partial charge is 0.423 e. The number of nitro groups is 1. The topological polar surface area (TPSA) is 151 Å². The van der Waals surface area contributed by atoms with Gasteiger partial charge in [-0.2, -0.15) is 26.3 Å². The van der Waals surface area contributed by atoms with E-state index in [9.17, 15) is 55.2 Å². The fraction of sp³-hybridized carbons (Fsp3) is 0.265. The summed E-state index contributed by atoms with van der Waals surface area (Å²) in [5.41, 5.74) is -2.38. The third-order valence-electron chi connectivity index (χ3n) is 6.21. The van der Waals surface area contributed by atoms with Gasteiger partial charge in [-0.15, -0.1) is 0 Å². The van der Waals surface area contributed by atoms with Gasteiger partial charge in [-0.05, 0) is 44.2 Å². The molecule has 4 rings (SSSR count). The number of ketones is 2. The molecule has 0 spiro atoms. The Hall–Kier alpha value is -3.68. The zero-order valence-electron chi connectivity index (χ0n) is 30.5. The number of alkyl halides is 6. The van der Waals surface area contributed by atoms with Crippen molar-refractivity contribution in [3.63, 3.8) is 0 Å². The molecule has 21 heteroatoms. The van der Waals surface area contributed by atoms with Gasteiger partial charge in [-0.1, -0.05) is 6.07 Å². The predicted octanol–water partition coefficient (Wildman–Crippen LogP) is 6.64. The van der Waals surface area contributed by atoms with E-state index >= 15 is 0 Å². The van der Waals surface area contributed by atoms with Gasteiger partial charge in [0.1, 0.15) is 36.1 Å². The van der Waals surface area contributed by atoms with E-state index in [0.717, 1.165) is 6.07 Å². The molecule has 0 fully saturated rings. The number of methoxy groups -OCH3 is 2. The average molecular weight is 1190 g/mol. The maximum Gasteiger partial charge on any atom is 0.423 e. The second-order valence-corrected chi connectivity index (χ2v) is 10.3. The average Bonchev–Trinajstić information content (AvgIpc) is 3.06. The first-order valence-electron chi connectivity index (χ1n) is 14.9. The molecule has 11 nitrogen and oxygen atoms in total. The van der Waals surface area contributed by atoms with Gasteiger partial charge in [0.05, 0.1) is 22.6 Å². The van der Waals surface area contributed by atoms with Crippen LogP contribution in [0.5, 0.6) is 11.5 Å². The Morgan fingerprint density at radius 3 is 1.96 bits per heavy atom. The number of carbonyl (C=O) groups excluding carboxylic acids is 2. The van der Waals surface area contributed by atoms with E-state index < -0.39 is 39.9 Å². The van der Waals surface area contributed by atoms with Crippen molar-refractivity contribution in [2.45, 2.75) is 32.1 Å². The first kappa shape index (κ1) is 53.4. The SMILES string of the molecule is COCC(=O)Cc1cc(=O)cc[nH]1.COCC(=O)Cc1cc(Oc2ccc(C)c(C(F)(F)F)c2)ccn1.O=[N+]([O-])c1ccc(F)cc1C(F)(F)F.[2H][B].[CH3-].[Pt].[U]. The van der Waals surface area contributed by atoms with E-state index in [1.165, 1.54) is 69.9 Å². The summed E-state index contributed by atoms with van der Waals surface area (Å²) in [5, 5.41) is 10.2. The van der Waals surface area contributed by atoms with Gasteiger partial charge in [-0.25, -0.2) is 4.39 Å². The summed E-state index contributed by atoms with van der Waals surface area (Å²) in [5.74, 6) is -1.00. The first-order valence-corrected chi connectivity index (χ1v) is 14.3. The quantitative estimate of drug-likeness (QED) is 0.0573. The summed E-state index contributed by atoms with van der Waals surface area (Å²) in [6, 6.07) is 10.8. The number of Topliss-reactive ketones (excluding diaryl/α,β-unsaturated/α-hetero) is 2. The number of carbonyl (C=O) groups is 2. The molecular weight excluding hydrogens is 1160 g/mol. The number of aromatic amines is 1. The molecule has 0 unspecified atom stereocenters. The van der Waals surface area contributed by atoms with Gasteiger partial charge in [0.15, 0.2) is 17.0 Å². The van der Waals surface area contributed by atoms with Crippen molar-refractivity contribution < 1.29 is 112 Å². The van der Waals surface area contributed by atoms with E-state index in [-0.39, 0.29) is 120 Å². The second-order valence-electron chi connectivity index (χ2n) is 10.3. The molecule has 0 aliphatic rings. The van der Waals surface area contributed by atoms with Crippen LogP contribution in [-0.2, 0) is 65.3 Å². The van der Waals surface area contributed by atoms with Crippen molar-refractivity contribution >= 4 is 25.6 Å². The van der Waals surface area contributed by atoms with E-state index in [0.29, 0.717) is 29.3 Å². The van der Waals surface area contributed by atoms with Crippen LogP contribution in [0.3, 0.4) is 0 Å². The van der Waals surface area contributed by atoms with Crippen LogP contribution in [0.25, 0.3) is 0 Å². The number of benzene rings is 2. The van der Waals surface area contributed by atoms with Crippen molar-refractivity contribution in [2.24, 2.45) is 0 Å². The molecule has 55 heavy (non-hydrogen) atoms. The number of halogens is 7. The maximum atomic E-state index is 12.9. The zero-order chi connectivity index (χ0) is 40.4. The largest absolute Gasteiger partial charge is 0.457 e. The van der Waals surface area contributed by atoms with Gasteiger partial charge < -0.3 is 26.6 Å². The van der Waals surface area contributed by atoms with Crippen LogP contribution in [0.4, 0.5) is 36.4 Å². The Balaban J connectivity index is -0.000000761. The van der Waals surface area contributed by atoms with Gasteiger partial charge in [0, 0.05) is 124 Å². The number of aryl methyl sites for hydroxylation is 1. The van der Waals surface area contributed by atoms with Crippen LogP contribution >= 0.6 is 0 Å². The molecule has 0 atom stereocenters. The molecule has 2 heterocycles. The number of aromatic nitrogens is 2. The molecule has 0 saturated heterocycles. The molecule has 2 aromatic heterocycles. The van der Waals surface area contributed by atoms with Crippen LogP contribution in [0.2, 0.25) is 0 Å². The number of hydrogen-bond donors (Lipinski definition) is 1. The van der Waals surface area contributed by atoms with Gasteiger partial charge in [0.2, 0.25) is 0 Å². The van der Waals surface area contributed by atoms with Crippen molar-refractivity contribution in [1.82, 2.24) is 9.97 Å². The monoisotopic (exact) mass is 1190 g/mol. The van der Waals surface area contributed by atoms with Crippen LogP contribution in [-0.4, -0.2) is 63.6 Å². The molecule has 0 saturated carbocycles. The van der Waals surface area contributed by atoms with Crippen LogP contribution < -0.4 is 10.2 Å². The Morgan fingerprint density at radius 2 is 1.44 bits per heavy atom. The summed E-state index contributed by atoms with van der Waals surface area (Å²) in [6.07, 6.45) is -6.14. The summed E-state index contributed by atoms with van der Waals surface area (Å²) in [6.45, 7) is 1.44. The number of nitrogens with zero attached hydrogens (tertiary/aromatic N) is 2. The molecule has 300 valence electrons. The minimum absolute atomic E-state index is 0. The summed E-state index contributed by atoms with van der Waals surface area (Å²) < 4.78 is 108. The maximum absolute atomic E-state index is 12.9. The van der Waals surface area contributed by atoms with Gasteiger partial charge >= 0.3 is 12.4 Å². The number of nitro benzene ring substituents is 1. The van der Waals surface area contributed by atoms with Crippen molar-refractivity contribution in [2.75, 3.05) is 27.4 Å². The number of ether oxygens (including phenoxy) is 3. The van der Waals surface area contributed by atoms with E-state index in [2.05, 4.69) is 23.1 Å². The molecule has 4 aromatic rings. The summed E-state index contributed by atoms with van der Waals surface area (Å²) >= 11 is 0. The van der Waals surface area contributed by atoms with Crippen molar-refractivity contribution in [3.05, 3.63) is 135 Å². The molecule has 0 bridgehead atoms. The molecule has 2 radical (unpaired) electrons. The Morgan fingerprint density at radius 1 is 0.873 bits per heavy atom. The number of hydrogen-bond acceptors (Lipinski definition) is 9. The van der Waals surface area contributed by atoms with Gasteiger partial charge in [0.25, 0.3) is 5.69 Å². The van der Waals surface area contributed by atoms with Crippen molar-refractivity contribution in [3.8, 4) is 11.5 Å². The number of pyridine rings is 2. The Bertz CT molecular complexity index is 1890. The zero-order valence-corrected chi connectivity index (χ0v) is 35.9. The van der Waals surface area contributed by atoms with Crippen LogP contribution in [0.15, 0.2) is 77.9 Å².